The number of aromatic nitrogens is 3. The molecule has 0 spiro atoms. The van der Waals surface area contributed by atoms with Crippen LogP contribution in [-0.2, 0) is 13.5 Å². The fraction of sp³-hybridized carbons (Fsp3) is 0.867. The van der Waals surface area contributed by atoms with Crippen molar-refractivity contribution in [1.82, 2.24) is 25.0 Å². The van der Waals surface area contributed by atoms with Crippen LogP contribution in [0.25, 0.3) is 0 Å². The van der Waals surface area contributed by atoms with Gasteiger partial charge in [0.2, 0.25) is 0 Å². The number of nitrogens with one attached hydrogen (secondary N) is 1. The third kappa shape index (κ3) is 4.56. The average Bonchev–Trinajstić information content (AvgIpc) is 2.85. The van der Waals surface area contributed by atoms with E-state index < -0.39 is 0 Å². The number of aryl methyl sites for hydroxylation is 1. The van der Waals surface area contributed by atoms with Gasteiger partial charge < -0.3 is 10.2 Å². The second kappa shape index (κ2) is 7.74. The van der Waals surface area contributed by atoms with Crippen molar-refractivity contribution in [3.05, 3.63) is 12.2 Å². The van der Waals surface area contributed by atoms with Crippen LogP contribution in [0.1, 0.15) is 38.9 Å². The predicted octanol–water partition coefficient (Wildman–Crippen LogP) is 1.46. The molecule has 1 aliphatic heterocycles. The van der Waals surface area contributed by atoms with E-state index in [0.29, 0.717) is 6.04 Å². The summed E-state index contributed by atoms with van der Waals surface area (Å²) in [7, 11) is 1.91. The molecule has 0 radical (unpaired) electrons. The van der Waals surface area contributed by atoms with E-state index in [-0.39, 0.29) is 0 Å². The molecule has 1 N–H and O–H groups in total. The first-order chi connectivity index (χ1) is 9.69. The summed E-state index contributed by atoms with van der Waals surface area (Å²) in [6, 6.07) is 0.600. The van der Waals surface area contributed by atoms with E-state index in [9.17, 15) is 0 Å². The zero-order chi connectivity index (χ0) is 14.4. The number of rotatable bonds is 7. The van der Waals surface area contributed by atoms with Gasteiger partial charge in [-0.2, -0.15) is 5.10 Å². The lowest BCUT2D eigenvalue weighted by Crippen LogP contribution is -2.42. The minimum Gasteiger partial charge on any atom is -0.314 e. The van der Waals surface area contributed by atoms with E-state index in [0.717, 1.165) is 24.7 Å². The number of piperidine rings is 1. The molecule has 2 rings (SSSR count). The van der Waals surface area contributed by atoms with Gasteiger partial charge in [0, 0.05) is 26.1 Å². The molecule has 0 aliphatic carbocycles. The Bertz CT molecular complexity index is 381. The monoisotopic (exact) mass is 279 g/mol. The quantitative estimate of drug-likeness (QED) is 0.821. The Balaban J connectivity index is 1.64. The van der Waals surface area contributed by atoms with Gasteiger partial charge in [-0.15, -0.1) is 0 Å². The largest absolute Gasteiger partial charge is 0.314 e. The molecular formula is C15H29N5. The molecule has 5 nitrogen and oxygen atoms in total. The summed E-state index contributed by atoms with van der Waals surface area (Å²) in [5, 5.41) is 7.96. The second-order valence-corrected chi connectivity index (χ2v) is 6.01. The van der Waals surface area contributed by atoms with E-state index in [4.69, 9.17) is 0 Å². The summed E-state index contributed by atoms with van der Waals surface area (Å²) < 4.78 is 1.77. The summed E-state index contributed by atoms with van der Waals surface area (Å²) in [6.45, 7) is 9.37. The summed E-state index contributed by atoms with van der Waals surface area (Å²) in [5.74, 6) is 1.75. The van der Waals surface area contributed by atoms with Crippen molar-refractivity contribution < 1.29 is 0 Å². The van der Waals surface area contributed by atoms with E-state index >= 15 is 0 Å². The van der Waals surface area contributed by atoms with Crippen LogP contribution < -0.4 is 5.32 Å². The number of nitrogens with zero attached hydrogens (tertiary/aromatic N) is 4. The second-order valence-electron chi connectivity index (χ2n) is 6.01. The Morgan fingerprint density at radius 2 is 2.15 bits per heavy atom. The lowest BCUT2D eigenvalue weighted by Gasteiger charge is -2.35. The predicted molar refractivity (Wildman–Crippen MR) is 81.6 cm³/mol. The van der Waals surface area contributed by atoms with Crippen LogP contribution in [0, 0.1) is 5.92 Å². The Labute approximate surface area is 122 Å². The van der Waals surface area contributed by atoms with Gasteiger partial charge in [0.15, 0.2) is 5.82 Å². The molecule has 1 atom stereocenters. The van der Waals surface area contributed by atoms with Gasteiger partial charge >= 0.3 is 0 Å². The highest BCUT2D eigenvalue weighted by Gasteiger charge is 2.22. The lowest BCUT2D eigenvalue weighted by atomic mass is 9.90. The van der Waals surface area contributed by atoms with E-state index in [2.05, 4.69) is 34.1 Å². The first kappa shape index (κ1) is 15.4. The number of hydrogen-bond donors (Lipinski definition) is 1. The first-order valence-electron chi connectivity index (χ1n) is 7.99. The van der Waals surface area contributed by atoms with Crippen molar-refractivity contribution in [2.24, 2.45) is 13.0 Å². The minimum absolute atomic E-state index is 0.600. The van der Waals surface area contributed by atoms with Crippen LogP contribution >= 0.6 is 0 Å². The van der Waals surface area contributed by atoms with E-state index in [1.54, 1.807) is 11.0 Å². The minimum atomic E-state index is 0.600. The fourth-order valence-corrected chi connectivity index (χ4v) is 3.07. The summed E-state index contributed by atoms with van der Waals surface area (Å²) in [6.07, 6.45) is 6.61. The number of hydrogen-bond acceptors (Lipinski definition) is 4. The molecule has 1 unspecified atom stereocenters. The Morgan fingerprint density at radius 1 is 1.40 bits per heavy atom. The summed E-state index contributed by atoms with van der Waals surface area (Å²) in [5.41, 5.74) is 0. The van der Waals surface area contributed by atoms with Crippen LogP contribution in [0.3, 0.4) is 0 Å². The van der Waals surface area contributed by atoms with Crippen molar-refractivity contribution in [3.8, 4) is 0 Å². The maximum absolute atomic E-state index is 4.31. The van der Waals surface area contributed by atoms with Crippen molar-refractivity contribution in [1.29, 1.82) is 0 Å². The highest BCUT2D eigenvalue weighted by atomic mass is 15.3. The summed E-state index contributed by atoms with van der Waals surface area (Å²) >= 11 is 0. The SMILES string of the molecule is CCCN1CCC(C(C)NCCc2ncn(C)n2)CC1. The molecule has 0 aromatic carbocycles. The Hall–Kier alpha value is -0.940. The molecule has 1 fully saturated rings. The van der Waals surface area contributed by atoms with Crippen LogP contribution in [0.2, 0.25) is 0 Å². The van der Waals surface area contributed by atoms with Crippen LogP contribution in [0.5, 0.6) is 0 Å². The molecule has 0 bridgehead atoms. The van der Waals surface area contributed by atoms with Crippen molar-refractivity contribution in [2.75, 3.05) is 26.2 Å². The Kier molecular flexibility index (Phi) is 5.98. The third-order valence-corrected chi connectivity index (χ3v) is 4.34. The normalized spacial score (nSPS) is 19.4. The molecule has 20 heavy (non-hydrogen) atoms. The maximum atomic E-state index is 4.31. The van der Waals surface area contributed by atoms with E-state index in [1.165, 1.54) is 38.9 Å². The molecule has 2 heterocycles. The smallest absolute Gasteiger partial charge is 0.151 e. The topological polar surface area (TPSA) is 46.0 Å². The van der Waals surface area contributed by atoms with Crippen LogP contribution in [0.4, 0.5) is 0 Å². The van der Waals surface area contributed by atoms with E-state index in [1.807, 2.05) is 7.05 Å². The molecule has 114 valence electrons. The van der Waals surface area contributed by atoms with Gasteiger partial charge in [0.05, 0.1) is 0 Å². The molecule has 1 saturated heterocycles. The van der Waals surface area contributed by atoms with Crippen molar-refractivity contribution in [3.63, 3.8) is 0 Å². The zero-order valence-corrected chi connectivity index (χ0v) is 13.2. The molecule has 0 saturated carbocycles. The molecular weight excluding hydrogens is 250 g/mol. The van der Waals surface area contributed by atoms with Gasteiger partial charge in [-0.3, -0.25) is 4.68 Å². The van der Waals surface area contributed by atoms with Gasteiger partial charge in [-0.05, 0) is 51.7 Å². The van der Waals surface area contributed by atoms with Crippen molar-refractivity contribution >= 4 is 0 Å². The van der Waals surface area contributed by atoms with Crippen LogP contribution in [-0.4, -0.2) is 51.9 Å². The van der Waals surface area contributed by atoms with Crippen molar-refractivity contribution in [2.45, 2.75) is 45.6 Å². The molecule has 0 amide bonds. The zero-order valence-electron chi connectivity index (χ0n) is 13.2. The molecule has 1 aliphatic rings. The fourth-order valence-electron chi connectivity index (χ4n) is 3.07. The third-order valence-electron chi connectivity index (χ3n) is 4.34. The standard InChI is InChI=1S/C15H29N5/c1-4-9-20-10-6-14(7-11-20)13(2)16-8-5-15-17-12-19(3)18-15/h12-14,16H,4-11H2,1-3H3. The molecule has 5 heteroatoms. The molecule has 1 aromatic rings. The Morgan fingerprint density at radius 3 is 2.75 bits per heavy atom. The van der Waals surface area contributed by atoms with Gasteiger partial charge in [-0.1, -0.05) is 6.92 Å². The first-order valence-corrected chi connectivity index (χ1v) is 7.99. The van der Waals surface area contributed by atoms with Gasteiger partial charge in [0.1, 0.15) is 6.33 Å². The van der Waals surface area contributed by atoms with Gasteiger partial charge in [-0.25, -0.2) is 4.98 Å². The summed E-state index contributed by atoms with van der Waals surface area (Å²) in [4.78, 5) is 6.86. The number of likely N-dealkylation sites (tertiary alicyclic amines) is 1. The molecule has 1 aromatic heterocycles. The maximum Gasteiger partial charge on any atom is 0.151 e. The highest BCUT2D eigenvalue weighted by molar-refractivity contribution is 4.84. The highest BCUT2D eigenvalue weighted by Crippen LogP contribution is 2.20. The van der Waals surface area contributed by atoms with Gasteiger partial charge in [0.25, 0.3) is 0 Å². The average molecular weight is 279 g/mol. The lowest BCUT2D eigenvalue weighted by molar-refractivity contribution is 0.163. The van der Waals surface area contributed by atoms with Crippen LogP contribution in [0.15, 0.2) is 6.33 Å².